The topological polar surface area (TPSA) is 53.6 Å². The van der Waals surface area contributed by atoms with E-state index in [0.717, 1.165) is 57.1 Å². The van der Waals surface area contributed by atoms with Crippen LogP contribution in [-0.4, -0.2) is 51.8 Å². The third-order valence-corrected chi connectivity index (χ3v) is 3.51. The number of para-hydroxylation sites is 1. The highest BCUT2D eigenvalue weighted by molar-refractivity contribution is 5.99. The monoisotopic (exact) mass is 291 g/mol. The molecule has 5 nitrogen and oxygen atoms in total. The van der Waals surface area contributed by atoms with E-state index < -0.39 is 0 Å². The summed E-state index contributed by atoms with van der Waals surface area (Å²) in [6.45, 7) is 7.68. The van der Waals surface area contributed by atoms with Crippen molar-refractivity contribution in [3.05, 3.63) is 29.8 Å². The van der Waals surface area contributed by atoms with Crippen molar-refractivity contribution >= 4 is 11.6 Å². The Morgan fingerprint density at radius 1 is 1.19 bits per heavy atom. The van der Waals surface area contributed by atoms with Gasteiger partial charge in [-0.05, 0) is 25.1 Å². The molecule has 1 aromatic rings. The van der Waals surface area contributed by atoms with E-state index in [1.165, 1.54) is 0 Å². The van der Waals surface area contributed by atoms with E-state index in [1.54, 1.807) is 0 Å². The predicted molar refractivity (Wildman–Crippen MR) is 85.0 cm³/mol. The van der Waals surface area contributed by atoms with Gasteiger partial charge in [0.2, 0.25) is 0 Å². The number of nitrogens with zero attached hydrogens (tertiary/aromatic N) is 1. The SMILES string of the molecule is CCCNCCNC(=O)c1ccccc1N1CCOCC1. The molecule has 1 heterocycles. The second kappa shape index (κ2) is 8.64. The lowest BCUT2D eigenvalue weighted by molar-refractivity contribution is 0.0952. The lowest BCUT2D eigenvalue weighted by Gasteiger charge is -2.30. The molecule has 1 aliphatic rings. The fourth-order valence-corrected chi connectivity index (χ4v) is 2.41. The van der Waals surface area contributed by atoms with E-state index in [0.29, 0.717) is 6.54 Å². The number of hydrogen-bond acceptors (Lipinski definition) is 4. The summed E-state index contributed by atoms with van der Waals surface area (Å²) in [6.07, 6.45) is 1.10. The summed E-state index contributed by atoms with van der Waals surface area (Å²) in [6, 6.07) is 7.79. The lowest BCUT2D eigenvalue weighted by Crippen LogP contribution is -2.38. The van der Waals surface area contributed by atoms with Crippen molar-refractivity contribution in [3.63, 3.8) is 0 Å². The van der Waals surface area contributed by atoms with Gasteiger partial charge in [0.25, 0.3) is 5.91 Å². The molecule has 1 amide bonds. The molecular formula is C16H25N3O2. The van der Waals surface area contributed by atoms with Gasteiger partial charge in [0.1, 0.15) is 0 Å². The lowest BCUT2D eigenvalue weighted by atomic mass is 10.1. The van der Waals surface area contributed by atoms with Crippen molar-refractivity contribution in [2.75, 3.05) is 50.8 Å². The van der Waals surface area contributed by atoms with Gasteiger partial charge in [0.15, 0.2) is 0 Å². The van der Waals surface area contributed by atoms with Crippen LogP contribution in [0.15, 0.2) is 24.3 Å². The maximum absolute atomic E-state index is 12.3. The molecule has 2 N–H and O–H groups in total. The Bertz CT molecular complexity index is 445. The number of rotatable bonds is 7. The molecule has 1 fully saturated rings. The summed E-state index contributed by atoms with van der Waals surface area (Å²) in [5.41, 5.74) is 1.75. The number of carbonyl (C=O) groups excluding carboxylic acids is 1. The van der Waals surface area contributed by atoms with Crippen molar-refractivity contribution in [3.8, 4) is 0 Å². The third-order valence-electron chi connectivity index (χ3n) is 3.51. The number of benzene rings is 1. The molecule has 0 saturated carbocycles. The van der Waals surface area contributed by atoms with Crippen LogP contribution in [0, 0.1) is 0 Å². The summed E-state index contributed by atoms with van der Waals surface area (Å²) in [5.74, 6) is -0.00427. The van der Waals surface area contributed by atoms with Crippen LogP contribution in [0.25, 0.3) is 0 Å². The first-order valence-electron chi connectivity index (χ1n) is 7.73. The molecule has 0 atom stereocenters. The Morgan fingerprint density at radius 2 is 1.95 bits per heavy atom. The summed E-state index contributed by atoms with van der Waals surface area (Å²) in [7, 11) is 0. The van der Waals surface area contributed by atoms with E-state index >= 15 is 0 Å². The first-order chi connectivity index (χ1) is 10.3. The van der Waals surface area contributed by atoms with Crippen LogP contribution in [0.2, 0.25) is 0 Å². The van der Waals surface area contributed by atoms with Crippen molar-refractivity contribution in [2.45, 2.75) is 13.3 Å². The quantitative estimate of drug-likeness (QED) is 0.743. The van der Waals surface area contributed by atoms with Gasteiger partial charge >= 0.3 is 0 Å². The Labute approximate surface area is 126 Å². The van der Waals surface area contributed by atoms with Crippen LogP contribution < -0.4 is 15.5 Å². The minimum Gasteiger partial charge on any atom is -0.378 e. The fraction of sp³-hybridized carbons (Fsp3) is 0.562. The minimum atomic E-state index is -0.00427. The average Bonchev–Trinajstić information content (AvgIpc) is 2.55. The highest BCUT2D eigenvalue weighted by atomic mass is 16.5. The molecule has 1 saturated heterocycles. The molecule has 2 rings (SSSR count). The van der Waals surface area contributed by atoms with Gasteiger partial charge in [-0.25, -0.2) is 0 Å². The molecule has 1 aliphatic heterocycles. The molecular weight excluding hydrogens is 266 g/mol. The summed E-state index contributed by atoms with van der Waals surface area (Å²) >= 11 is 0. The number of amides is 1. The summed E-state index contributed by atoms with van der Waals surface area (Å²) in [5, 5.41) is 6.26. The molecule has 0 radical (unpaired) electrons. The van der Waals surface area contributed by atoms with Crippen LogP contribution in [0.5, 0.6) is 0 Å². The molecule has 0 aromatic heterocycles. The minimum absolute atomic E-state index is 0.00427. The average molecular weight is 291 g/mol. The van der Waals surface area contributed by atoms with E-state index in [2.05, 4.69) is 22.5 Å². The number of nitrogens with one attached hydrogen (secondary N) is 2. The van der Waals surface area contributed by atoms with Gasteiger partial charge < -0.3 is 20.3 Å². The maximum atomic E-state index is 12.3. The largest absolute Gasteiger partial charge is 0.378 e. The zero-order valence-corrected chi connectivity index (χ0v) is 12.7. The molecule has 5 heteroatoms. The number of carbonyl (C=O) groups is 1. The third kappa shape index (κ3) is 4.72. The zero-order chi connectivity index (χ0) is 14.9. The molecule has 0 spiro atoms. The van der Waals surface area contributed by atoms with E-state index in [-0.39, 0.29) is 5.91 Å². The fourth-order valence-electron chi connectivity index (χ4n) is 2.41. The number of hydrogen-bond donors (Lipinski definition) is 2. The highest BCUT2D eigenvalue weighted by Crippen LogP contribution is 2.21. The smallest absolute Gasteiger partial charge is 0.253 e. The van der Waals surface area contributed by atoms with E-state index in [9.17, 15) is 4.79 Å². The van der Waals surface area contributed by atoms with Gasteiger partial charge in [0, 0.05) is 31.9 Å². The Balaban J connectivity index is 1.93. The Kier molecular flexibility index (Phi) is 6.50. The van der Waals surface area contributed by atoms with Gasteiger partial charge in [-0.3, -0.25) is 4.79 Å². The number of morpholine rings is 1. The number of ether oxygens (including phenoxy) is 1. The van der Waals surface area contributed by atoms with Crippen LogP contribution in [0.3, 0.4) is 0 Å². The predicted octanol–water partition coefficient (Wildman–Crippen LogP) is 1.25. The van der Waals surface area contributed by atoms with Gasteiger partial charge in [-0.15, -0.1) is 0 Å². The van der Waals surface area contributed by atoms with Crippen LogP contribution in [0.1, 0.15) is 23.7 Å². The summed E-state index contributed by atoms with van der Waals surface area (Å²) < 4.78 is 5.37. The molecule has 0 unspecified atom stereocenters. The van der Waals surface area contributed by atoms with Crippen molar-refractivity contribution < 1.29 is 9.53 Å². The maximum Gasteiger partial charge on any atom is 0.253 e. The van der Waals surface area contributed by atoms with Gasteiger partial charge in [0.05, 0.1) is 18.8 Å². The van der Waals surface area contributed by atoms with Gasteiger partial charge in [-0.2, -0.15) is 0 Å². The molecule has 1 aromatic carbocycles. The van der Waals surface area contributed by atoms with Gasteiger partial charge in [-0.1, -0.05) is 19.1 Å². The van der Waals surface area contributed by atoms with Crippen LogP contribution in [-0.2, 0) is 4.74 Å². The van der Waals surface area contributed by atoms with E-state index in [4.69, 9.17) is 4.74 Å². The van der Waals surface area contributed by atoms with Crippen molar-refractivity contribution in [2.24, 2.45) is 0 Å². The van der Waals surface area contributed by atoms with E-state index in [1.807, 2.05) is 24.3 Å². The molecule has 0 bridgehead atoms. The standard InChI is InChI=1S/C16H25N3O2/c1-2-7-17-8-9-18-16(20)14-5-3-4-6-15(14)19-10-12-21-13-11-19/h3-6,17H,2,7-13H2,1H3,(H,18,20). The van der Waals surface area contributed by atoms with Crippen LogP contribution in [0.4, 0.5) is 5.69 Å². The first kappa shape index (κ1) is 15.8. The van der Waals surface area contributed by atoms with Crippen molar-refractivity contribution in [1.29, 1.82) is 0 Å². The molecule has 116 valence electrons. The van der Waals surface area contributed by atoms with Crippen molar-refractivity contribution in [1.82, 2.24) is 10.6 Å². The second-order valence-corrected chi connectivity index (χ2v) is 5.12. The zero-order valence-electron chi connectivity index (χ0n) is 12.7. The van der Waals surface area contributed by atoms with Crippen LogP contribution >= 0.6 is 0 Å². The molecule has 21 heavy (non-hydrogen) atoms. The Morgan fingerprint density at radius 3 is 2.71 bits per heavy atom. The second-order valence-electron chi connectivity index (χ2n) is 5.12. The number of anilines is 1. The first-order valence-corrected chi connectivity index (χ1v) is 7.73. The normalized spacial score (nSPS) is 15.0. The summed E-state index contributed by atoms with van der Waals surface area (Å²) in [4.78, 5) is 14.6. The highest BCUT2D eigenvalue weighted by Gasteiger charge is 2.17. The molecule has 0 aliphatic carbocycles. The Hall–Kier alpha value is -1.59.